The van der Waals surface area contributed by atoms with E-state index in [4.69, 9.17) is 10.7 Å². The lowest BCUT2D eigenvalue weighted by Crippen LogP contribution is -2.47. The van der Waals surface area contributed by atoms with E-state index in [0.717, 1.165) is 49.7 Å². The van der Waals surface area contributed by atoms with E-state index in [9.17, 15) is 9.59 Å². The van der Waals surface area contributed by atoms with Crippen LogP contribution in [0.3, 0.4) is 0 Å². The molecule has 1 fully saturated rings. The molecule has 2 heterocycles. The lowest BCUT2D eigenvalue weighted by Gasteiger charge is -2.32. The average molecular weight is 521 g/mol. The number of amides is 3. The Balaban J connectivity index is 1.24. The fourth-order valence-electron chi connectivity index (χ4n) is 5.92. The van der Waals surface area contributed by atoms with Crippen molar-refractivity contribution in [2.24, 2.45) is 22.6 Å². The van der Waals surface area contributed by atoms with Gasteiger partial charge in [0.05, 0.1) is 0 Å². The predicted molar refractivity (Wildman–Crippen MR) is 151 cm³/mol. The van der Waals surface area contributed by atoms with Gasteiger partial charge in [-0.05, 0) is 54.7 Å². The molecule has 206 valence electrons. The standard InChI is InChI=1S/C30H44N6O2/c1-2-3-16-30(19-23-8-5-4-6-9-23)27(37)36(28(31)35-30)22-26-13-11-25(12-14-26)21-34-29(38)33-18-15-24-10-7-17-32-20-24/h7,10-13,17,20,23,26H,2-6,8-9,14-16,18-19,21-22H2,1H3,(H2,31,35)(H2,33,34,38). The summed E-state index contributed by atoms with van der Waals surface area (Å²) in [7, 11) is 0. The molecular weight excluding hydrogens is 476 g/mol. The number of hydrogen-bond donors (Lipinski definition) is 3. The summed E-state index contributed by atoms with van der Waals surface area (Å²) < 4.78 is 0. The monoisotopic (exact) mass is 520 g/mol. The van der Waals surface area contributed by atoms with E-state index in [0.29, 0.717) is 31.5 Å². The van der Waals surface area contributed by atoms with Gasteiger partial charge in [0, 0.05) is 32.0 Å². The fourth-order valence-corrected chi connectivity index (χ4v) is 5.92. The number of urea groups is 1. The van der Waals surface area contributed by atoms with Gasteiger partial charge >= 0.3 is 6.03 Å². The molecule has 0 radical (unpaired) electrons. The summed E-state index contributed by atoms with van der Waals surface area (Å²) in [5, 5.41) is 5.81. The van der Waals surface area contributed by atoms with Crippen LogP contribution >= 0.6 is 0 Å². The molecule has 4 rings (SSSR count). The van der Waals surface area contributed by atoms with E-state index in [2.05, 4.69) is 34.7 Å². The SMILES string of the molecule is CCCCC1(CC2CCCCC2)N=C(N)N(CC2C=CC(CNC(=O)NCCc3cccnc3)=CC2)C1=O. The van der Waals surface area contributed by atoms with Crippen LogP contribution in [-0.2, 0) is 11.2 Å². The highest BCUT2D eigenvalue weighted by molar-refractivity contribution is 6.06. The van der Waals surface area contributed by atoms with Gasteiger partial charge in [0.15, 0.2) is 5.96 Å². The average Bonchev–Trinajstić information content (AvgIpc) is 3.16. The van der Waals surface area contributed by atoms with Crippen LogP contribution in [-0.4, -0.2) is 53.0 Å². The van der Waals surface area contributed by atoms with Crippen LogP contribution in [0, 0.1) is 11.8 Å². The van der Waals surface area contributed by atoms with Crippen molar-refractivity contribution >= 4 is 17.9 Å². The first-order valence-corrected chi connectivity index (χ1v) is 14.4. The maximum absolute atomic E-state index is 13.7. The van der Waals surface area contributed by atoms with Crippen molar-refractivity contribution in [3.05, 3.63) is 53.9 Å². The first kappa shape index (κ1) is 27.9. The molecule has 1 aromatic rings. The molecule has 0 aromatic carbocycles. The van der Waals surface area contributed by atoms with Gasteiger partial charge in [-0.15, -0.1) is 0 Å². The summed E-state index contributed by atoms with van der Waals surface area (Å²) in [4.78, 5) is 36.6. The first-order chi connectivity index (χ1) is 18.5. The van der Waals surface area contributed by atoms with Crippen LogP contribution in [0.5, 0.6) is 0 Å². The van der Waals surface area contributed by atoms with Gasteiger partial charge in [0.2, 0.25) is 0 Å². The van der Waals surface area contributed by atoms with Crippen LogP contribution < -0.4 is 16.4 Å². The van der Waals surface area contributed by atoms with Gasteiger partial charge in [-0.2, -0.15) is 0 Å². The first-order valence-electron chi connectivity index (χ1n) is 14.4. The Morgan fingerprint density at radius 1 is 1.24 bits per heavy atom. The molecular formula is C30H44N6O2. The molecule has 2 atom stereocenters. The maximum Gasteiger partial charge on any atom is 0.315 e. The number of unbranched alkanes of at least 4 members (excludes halogenated alkanes) is 1. The Labute approximate surface area is 227 Å². The number of carbonyl (C=O) groups excluding carboxylic acids is 2. The van der Waals surface area contributed by atoms with E-state index in [1.165, 1.54) is 32.1 Å². The zero-order chi connectivity index (χ0) is 26.8. The molecule has 0 spiro atoms. The van der Waals surface area contributed by atoms with Crippen molar-refractivity contribution < 1.29 is 9.59 Å². The number of nitrogens with zero attached hydrogens (tertiary/aromatic N) is 3. The molecule has 1 aromatic heterocycles. The van der Waals surface area contributed by atoms with Gasteiger partial charge in [0.25, 0.3) is 5.91 Å². The molecule has 3 aliphatic rings. The summed E-state index contributed by atoms with van der Waals surface area (Å²) in [6.45, 7) is 3.74. The third-order valence-electron chi connectivity index (χ3n) is 8.10. The number of aromatic nitrogens is 1. The molecule has 3 amide bonds. The summed E-state index contributed by atoms with van der Waals surface area (Å²) in [6, 6.07) is 3.71. The summed E-state index contributed by atoms with van der Waals surface area (Å²) >= 11 is 0. The fraction of sp³-hybridized carbons (Fsp3) is 0.600. The van der Waals surface area contributed by atoms with Crippen LogP contribution in [0.15, 0.2) is 53.3 Å². The number of guanidine groups is 1. The molecule has 1 saturated carbocycles. The predicted octanol–water partition coefficient (Wildman–Crippen LogP) is 4.48. The minimum atomic E-state index is -0.671. The Kier molecular flexibility index (Phi) is 9.96. The van der Waals surface area contributed by atoms with E-state index < -0.39 is 5.54 Å². The molecule has 8 nitrogen and oxygen atoms in total. The quantitative estimate of drug-likeness (QED) is 0.377. The largest absolute Gasteiger partial charge is 0.369 e. The number of pyridine rings is 1. The number of allylic oxidation sites excluding steroid dienone is 1. The molecule has 1 aliphatic heterocycles. The molecule has 4 N–H and O–H groups in total. The number of nitrogens with two attached hydrogens (primary N) is 1. The normalized spacial score (nSPS) is 23.8. The third kappa shape index (κ3) is 7.45. The third-order valence-corrected chi connectivity index (χ3v) is 8.10. The number of rotatable bonds is 12. The molecule has 0 saturated heterocycles. The summed E-state index contributed by atoms with van der Waals surface area (Å²) in [6.07, 6.45) is 21.3. The zero-order valence-corrected chi connectivity index (χ0v) is 22.8. The highest BCUT2D eigenvalue weighted by Crippen LogP contribution is 2.39. The van der Waals surface area contributed by atoms with Crippen molar-refractivity contribution in [3.8, 4) is 0 Å². The van der Waals surface area contributed by atoms with Crippen LogP contribution in [0.2, 0.25) is 0 Å². The second-order valence-electron chi connectivity index (χ2n) is 11.1. The van der Waals surface area contributed by atoms with E-state index in [1.54, 1.807) is 11.1 Å². The molecule has 2 aliphatic carbocycles. The van der Waals surface area contributed by atoms with Gasteiger partial charge < -0.3 is 16.4 Å². The Hall–Kier alpha value is -3.16. The Morgan fingerprint density at radius 3 is 2.79 bits per heavy atom. The number of hydrogen-bond acceptors (Lipinski definition) is 5. The van der Waals surface area contributed by atoms with E-state index in [-0.39, 0.29) is 17.9 Å². The number of aliphatic imine (C=N–C) groups is 1. The van der Waals surface area contributed by atoms with Crippen LogP contribution in [0.25, 0.3) is 0 Å². The van der Waals surface area contributed by atoms with Crippen molar-refractivity contribution in [2.45, 2.75) is 83.1 Å². The lowest BCUT2D eigenvalue weighted by molar-refractivity contribution is -0.132. The second-order valence-corrected chi connectivity index (χ2v) is 11.1. The summed E-state index contributed by atoms with van der Waals surface area (Å²) in [5.41, 5.74) is 7.87. The number of nitrogens with one attached hydrogen (secondary N) is 2. The van der Waals surface area contributed by atoms with Gasteiger partial charge in [0.1, 0.15) is 5.54 Å². The van der Waals surface area contributed by atoms with E-state index in [1.807, 2.05) is 24.4 Å². The van der Waals surface area contributed by atoms with Crippen molar-refractivity contribution in [3.63, 3.8) is 0 Å². The van der Waals surface area contributed by atoms with Gasteiger partial charge in [-0.1, -0.05) is 76.2 Å². The molecule has 0 bridgehead atoms. The zero-order valence-electron chi connectivity index (χ0n) is 22.8. The topological polar surface area (TPSA) is 113 Å². The smallest absolute Gasteiger partial charge is 0.315 e. The highest BCUT2D eigenvalue weighted by atomic mass is 16.2. The summed E-state index contributed by atoms with van der Waals surface area (Å²) in [5.74, 6) is 1.24. The molecule has 8 heteroatoms. The van der Waals surface area contributed by atoms with E-state index >= 15 is 0 Å². The molecule has 38 heavy (non-hydrogen) atoms. The number of carbonyl (C=O) groups is 2. The van der Waals surface area contributed by atoms with Crippen LogP contribution in [0.1, 0.15) is 76.7 Å². The highest BCUT2D eigenvalue weighted by Gasteiger charge is 2.48. The molecule has 2 unspecified atom stereocenters. The minimum Gasteiger partial charge on any atom is -0.369 e. The minimum absolute atomic E-state index is 0.0989. The van der Waals surface area contributed by atoms with Crippen molar-refractivity contribution in [1.29, 1.82) is 0 Å². The van der Waals surface area contributed by atoms with Crippen molar-refractivity contribution in [1.82, 2.24) is 20.5 Å². The lowest BCUT2D eigenvalue weighted by atomic mass is 9.77. The van der Waals surface area contributed by atoms with Crippen molar-refractivity contribution in [2.75, 3.05) is 19.6 Å². The maximum atomic E-state index is 13.7. The van der Waals surface area contributed by atoms with Gasteiger partial charge in [-0.25, -0.2) is 9.79 Å². The van der Waals surface area contributed by atoms with Crippen LogP contribution in [0.4, 0.5) is 4.79 Å². The Morgan fingerprint density at radius 2 is 2.08 bits per heavy atom. The second kappa shape index (κ2) is 13.6. The van der Waals surface area contributed by atoms with Gasteiger partial charge in [-0.3, -0.25) is 14.7 Å². The Bertz CT molecular complexity index is 1030.